The topological polar surface area (TPSA) is 54.0 Å². The molecule has 0 saturated heterocycles. The number of amides is 2. The molecule has 2 aromatic carbocycles. The number of alkyl halides is 4. The number of nitrogens with zero attached hydrogens (tertiary/aromatic N) is 1. The van der Waals surface area contributed by atoms with Gasteiger partial charge in [0.15, 0.2) is 0 Å². The lowest BCUT2D eigenvalue weighted by atomic mass is 9.79. The molecule has 0 bridgehead atoms. The first-order valence-corrected chi connectivity index (χ1v) is 10.7. The van der Waals surface area contributed by atoms with Gasteiger partial charge in [-0.25, -0.2) is 13.6 Å². The summed E-state index contributed by atoms with van der Waals surface area (Å²) in [5.41, 5.74) is -2.38. The Balaban J connectivity index is 1.90. The molecular weight excluding hydrogens is 477 g/mol. The number of aromatic nitrogens is 1. The van der Waals surface area contributed by atoms with E-state index in [1.807, 2.05) is 0 Å². The molecule has 3 aromatic rings. The van der Waals surface area contributed by atoms with Crippen LogP contribution in [-0.2, 0) is 18.1 Å². The number of halogens is 6. The smallest absolute Gasteiger partial charge is 0.332 e. The standard InChI is InChI=1S/C24H19ClF5N3O/c25-17-6-7-21(31-13-17)23(12-14-4-2-1-3-5-14,33-22(34)32-20-11-19(20)27)15-8-16(24(28,29)30)10-18(26)9-15/h1-10,13,19-20H,11-12H2,(H2,32,33,34). The molecule has 1 aromatic heterocycles. The van der Waals surface area contributed by atoms with Gasteiger partial charge in [-0.2, -0.15) is 13.2 Å². The molecule has 4 rings (SSSR count). The Kier molecular flexibility index (Phi) is 6.49. The maximum atomic E-state index is 14.5. The third kappa shape index (κ3) is 5.30. The maximum Gasteiger partial charge on any atom is 0.416 e. The minimum Gasteiger partial charge on any atom is -0.332 e. The minimum absolute atomic E-state index is 0.0691. The third-order valence-corrected chi connectivity index (χ3v) is 5.77. The van der Waals surface area contributed by atoms with Gasteiger partial charge in [0.05, 0.1) is 22.3 Å². The molecular formula is C24H19ClF5N3O. The Morgan fingerprint density at radius 3 is 2.32 bits per heavy atom. The fourth-order valence-corrected chi connectivity index (χ4v) is 3.87. The zero-order valence-electron chi connectivity index (χ0n) is 17.5. The summed E-state index contributed by atoms with van der Waals surface area (Å²) in [6.07, 6.45) is -4.69. The number of carbonyl (C=O) groups excluding carboxylic acids is 1. The first-order valence-electron chi connectivity index (χ1n) is 10.3. The van der Waals surface area contributed by atoms with Crippen LogP contribution in [0.2, 0.25) is 5.02 Å². The van der Waals surface area contributed by atoms with Crippen LogP contribution in [0.5, 0.6) is 0 Å². The Morgan fingerprint density at radius 1 is 1.06 bits per heavy atom. The molecule has 2 amide bonds. The van der Waals surface area contributed by atoms with E-state index in [9.17, 15) is 26.7 Å². The summed E-state index contributed by atoms with van der Waals surface area (Å²) in [6, 6.07) is 12.1. The molecule has 3 atom stereocenters. The average Bonchev–Trinajstić information content (AvgIpc) is 3.47. The monoisotopic (exact) mass is 495 g/mol. The molecule has 0 radical (unpaired) electrons. The van der Waals surface area contributed by atoms with Gasteiger partial charge in [-0.05, 0) is 41.5 Å². The summed E-state index contributed by atoms with van der Waals surface area (Å²) in [7, 11) is 0. The van der Waals surface area contributed by atoms with E-state index in [4.69, 9.17) is 11.6 Å². The molecule has 3 unspecified atom stereocenters. The van der Waals surface area contributed by atoms with Gasteiger partial charge in [0, 0.05) is 19.0 Å². The fourth-order valence-electron chi connectivity index (χ4n) is 3.76. The second kappa shape index (κ2) is 9.21. The number of pyridine rings is 1. The van der Waals surface area contributed by atoms with E-state index < -0.39 is 41.3 Å². The van der Waals surface area contributed by atoms with Gasteiger partial charge >= 0.3 is 12.2 Å². The fraction of sp³-hybridized carbons (Fsp3) is 0.250. The van der Waals surface area contributed by atoms with Gasteiger partial charge < -0.3 is 10.6 Å². The van der Waals surface area contributed by atoms with E-state index in [0.717, 1.165) is 12.1 Å². The van der Waals surface area contributed by atoms with Crippen molar-refractivity contribution >= 4 is 17.6 Å². The Morgan fingerprint density at radius 2 is 1.74 bits per heavy atom. The SMILES string of the molecule is O=C(NC1CC1F)NC(Cc1ccccc1)(c1cc(F)cc(C(F)(F)F)c1)c1ccc(Cl)cn1. The van der Waals surface area contributed by atoms with Crippen LogP contribution in [0.4, 0.5) is 26.7 Å². The molecule has 1 aliphatic rings. The van der Waals surface area contributed by atoms with Gasteiger partial charge in [0.1, 0.15) is 17.5 Å². The molecule has 2 N–H and O–H groups in total. The molecule has 1 aliphatic carbocycles. The van der Waals surface area contributed by atoms with Crippen molar-refractivity contribution in [3.63, 3.8) is 0 Å². The van der Waals surface area contributed by atoms with E-state index in [1.165, 1.54) is 18.3 Å². The number of hydrogen-bond donors (Lipinski definition) is 2. The normalized spacial score (nSPS) is 19.2. The summed E-state index contributed by atoms with van der Waals surface area (Å²) in [6.45, 7) is 0. The van der Waals surface area contributed by atoms with Crippen molar-refractivity contribution in [3.8, 4) is 0 Å². The number of rotatable bonds is 6. The van der Waals surface area contributed by atoms with Crippen LogP contribution in [0.25, 0.3) is 0 Å². The largest absolute Gasteiger partial charge is 0.416 e. The van der Waals surface area contributed by atoms with Gasteiger partial charge in [-0.3, -0.25) is 4.98 Å². The van der Waals surface area contributed by atoms with Crippen LogP contribution < -0.4 is 10.6 Å². The zero-order valence-corrected chi connectivity index (χ0v) is 18.3. The Hall–Kier alpha value is -3.20. The second-order valence-electron chi connectivity index (χ2n) is 8.11. The van der Waals surface area contributed by atoms with Crippen molar-refractivity contribution in [2.24, 2.45) is 0 Å². The van der Waals surface area contributed by atoms with Gasteiger partial charge in [-0.15, -0.1) is 0 Å². The number of carbonyl (C=O) groups is 1. The van der Waals surface area contributed by atoms with Crippen LogP contribution in [0.15, 0.2) is 66.9 Å². The number of hydrogen-bond acceptors (Lipinski definition) is 2. The van der Waals surface area contributed by atoms with Crippen molar-refractivity contribution in [1.82, 2.24) is 15.6 Å². The summed E-state index contributed by atoms with van der Waals surface area (Å²) < 4.78 is 68.6. The highest BCUT2D eigenvalue weighted by Gasteiger charge is 2.43. The van der Waals surface area contributed by atoms with Crippen LogP contribution >= 0.6 is 11.6 Å². The van der Waals surface area contributed by atoms with Crippen molar-refractivity contribution in [2.45, 2.75) is 36.8 Å². The summed E-state index contributed by atoms with van der Waals surface area (Å²) in [4.78, 5) is 17.1. The third-order valence-electron chi connectivity index (χ3n) is 5.55. The Labute approximate surface area is 197 Å². The van der Waals surface area contributed by atoms with E-state index in [-0.39, 0.29) is 29.1 Å². The Bertz CT molecular complexity index is 1170. The number of nitrogens with one attached hydrogen (secondary N) is 2. The molecule has 1 heterocycles. The predicted molar refractivity (Wildman–Crippen MR) is 117 cm³/mol. The zero-order chi connectivity index (χ0) is 24.5. The highest BCUT2D eigenvalue weighted by Crippen LogP contribution is 2.38. The van der Waals surface area contributed by atoms with Crippen molar-refractivity contribution in [1.29, 1.82) is 0 Å². The van der Waals surface area contributed by atoms with Crippen molar-refractivity contribution in [2.75, 3.05) is 0 Å². The van der Waals surface area contributed by atoms with Gasteiger partial charge in [0.2, 0.25) is 0 Å². The lowest BCUT2D eigenvalue weighted by molar-refractivity contribution is -0.137. The second-order valence-corrected chi connectivity index (χ2v) is 8.55. The molecule has 0 spiro atoms. The molecule has 178 valence electrons. The van der Waals surface area contributed by atoms with Gasteiger partial charge in [-0.1, -0.05) is 41.9 Å². The minimum atomic E-state index is -4.83. The predicted octanol–water partition coefficient (Wildman–Crippen LogP) is 5.79. The maximum absolute atomic E-state index is 14.5. The molecule has 1 saturated carbocycles. The molecule has 4 nitrogen and oxygen atoms in total. The summed E-state index contributed by atoms with van der Waals surface area (Å²) in [5, 5.41) is 5.39. The highest BCUT2D eigenvalue weighted by atomic mass is 35.5. The van der Waals surface area contributed by atoms with Crippen LogP contribution in [0.1, 0.15) is 28.8 Å². The summed E-state index contributed by atoms with van der Waals surface area (Å²) in [5.74, 6) is -1.13. The summed E-state index contributed by atoms with van der Waals surface area (Å²) >= 11 is 5.96. The van der Waals surface area contributed by atoms with Gasteiger partial charge in [0.25, 0.3) is 0 Å². The molecule has 1 fully saturated rings. The first kappa shape index (κ1) is 23.9. The van der Waals surface area contributed by atoms with E-state index in [2.05, 4.69) is 15.6 Å². The quantitative estimate of drug-likeness (QED) is 0.425. The van der Waals surface area contributed by atoms with E-state index in [0.29, 0.717) is 11.6 Å². The first-order chi connectivity index (χ1) is 16.1. The van der Waals surface area contributed by atoms with Crippen molar-refractivity contribution in [3.05, 3.63) is 100 Å². The lowest BCUT2D eigenvalue weighted by Crippen LogP contribution is -2.53. The van der Waals surface area contributed by atoms with Crippen LogP contribution in [-0.4, -0.2) is 23.2 Å². The van der Waals surface area contributed by atoms with E-state index in [1.54, 1.807) is 30.3 Å². The molecule has 0 aliphatic heterocycles. The van der Waals surface area contributed by atoms with Crippen LogP contribution in [0.3, 0.4) is 0 Å². The lowest BCUT2D eigenvalue weighted by Gasteiger charge is -2.36. The van der Waals surface area contributed by atoms with E-state index >= 15 is 0 Å². The average molecular weight is 496 g/mol. The highest BCUT2D eigenvalue weighted by molar-refractivity contribution is 6.30. The van der Waals surface area contributed by atoms with Crippen molar-refractivity contribution < 1.29 is 26.7 Å². The number of benzene rings is 2. The molecule has 10 heteroatoms. The number of urea groups is 1. The van der Waals surface area contributed by atoms with Crippen LogP contribution in [0, 0.1) is 5.82 Å². The molecule has 34 heavy (non-hydrogen) atoms.